The lowest BCUT2D eigenvalue weighted by Gasteiger charge is -2.23. The Morgan fingerprint density at radius 3 is 2.56 bits per heavy atom. The van der Waals surface area contributed by atoms with Gasteiger partial charge in [-0.1, -0.05) is 12.1 Å². The highest BCUT2D eigenvalue weighted by molar-refractivity contribution is 7.90. The molecule has 0 aromatic heterocycles. The van der Waals surface area contributed by atoms with Gasteiger partial charge in [0.1, 0.15) is 15.7 Å². The van der Waals surface area contributed by atoms with Crippen molar-refractivity contribution in [1.82, 2.24) is 0 Å². The third kappa shape index (κ3) is 3.96. The largest absolute Gasteiger partial charge is 0.389 e. The fourth-order valence-corrected chi connectivity index (χ4v) is 2.29. The minimum atomic E-state index is -3.10. The first-order chi connectivity index (χ1) is 8.22. The fourth-order valence-electron chi connectivity index (χ4n) is 1.69. The third-order valence-electron chi connectivity index (χ3n) is 2.65. The van der Waals surface area contributed by atoms with E-state index >= 15 is 0 Å². The maximum Gasteiger partial charge on any atom is 0.149 e. The molecule has 1 N–H and O–H groups in total. The fraction of sp³-hybridized carbons (Fsp3) is 0.500. The van der Waals surface area contributed by atoms with Crippen molar-refractivity contribution in [2.75, 3.05) is 30.5 Å². The van der Waals surface area contributed by atoms with Gasteiger partial charge < -0.3 is 10.0 Å². The van der Waals surface area contributed by atoms with Gasteiger partial charge in [0.05, 0.1) is 17.5 Å². The number of anilines is 1. The van der Waals surface area contributed by atoms with E-state index in [1.165, 1.54) is 17.0 Å². The van der Waals surface area contributed by atoms with E-state index < -0.39 is 21.8 Å². The van der Waals surface area contributed by atoms with Crippen molar-refractivity contribution < 1.29 is 17.9 Å². The Kier molecular flexibility index (Phi) is 4.70. The summed E-state index contributed by atoms with van der Waals surface area (Å²) in [5.74, 6) is -0.527. The highest BCUT2D eigenvalue weighted by Crippen LogP contribution is 2.28. The smallest absolute Gasteiger partial charge is 0.149 e. The average Bonchev–Trinajstić information content (AvgIpc) is 2.24. The molecule has 0 unspecified atom stereocenters. The van der Waals surface area contributed by atoms with E-state index in [9.17, 15) is 17.9 Å². The van der Waals surface area contributed by atoms with Crippen LogP contribution in [-0.4, -0.2) is 39.1 Å². The molecule has 0 spiro atoms. The van der Waals surface area contributed by atoms with Crippen LogP contribution in [0.4, 0.5) is 10.1 Å². The van der Waals surface area contributed by atoms with Gasteiger partial charge in [0.25, 0.3) is 0 Å². The Morgan fingerprint density at radius 1 is 1.44 bits per heavy atom. The lowest BCUT2D eigenvalue weighted by Crippen LogP contribution is -2.27. The number of aliphatic hydroxyl groups excluding tert-OH is 1. The number of para-hydroxylation sites is 1. The summed E-state index contributed by atoms with van der Waals surface area (Å²) in [5.41, 5.74) is 0.696. The zero-order chi connectivity index (χ0) is 13.9. The Bertz CT molecular complexity index is 514. The monoisotopic (exact) mass is 275 g/mol. The molecule has 1 aromatic rings. The van der Waals surface area contributed by atoms with E-state index in [1.807, 2.05) is 0 Å². The molecule has 102 valence electrons. The average molecular weight is 275 g/mol. The summed E-state index contributed by atoms with van der Waals surface area (Å²) in [6, 6.07) is 4.43. The number of benzene rings is 1. The van der Waals surface area contributed by atoms with Crippen molar-refractivity contribution in [3.05, 3.63) is 29.6 Å². The van der Waals surface area contributed by atoms with Gasteiger partial charge in [-0.25, -0.2) is 12.8 Å². The summed E-state index contributed by atoms with van der Waals surface area (Å²) >= 11 is 0. The number of aliphatic hydroxyl groups is 1. The maximum atomic E-state index is 13.8. The summed E-state index contributed by atoms with van der Waals surface area (Å²) in [6.07, 6.45) is 0.328. The Hall–Kier alpha value is -1.14. The Labute approximate surface area is 107 Å². The highest BCUT2D eigenvalue weighted by atomic mass is 32.2. The van der Waals surface area contributed by atoms with Crippen molar-refractivity contribution >= 4 is 15.5 Å². The van der Waals surface area contributed by atoms with Crippen LogP contribution in [0.25, 0.3) is 0 Å². The summed E-state index contributed by atoms with van der Waals surface area (Å²) < 4.78 is 36.0. The van der Waals surface area contributed by atoms with E-state index in [2.05, 4.69) is 0 Å². The SMILES string of the molecule is C[C@H](O)c1cccc(F)c1N(C)CCS(C)(=O)=O. The molecular formula is C12H18FNO3S. The zero-order valence-corrected chi connectivity index (χ0v) is 11.5. The molecule has 6 heteroatoms. The number of hydrogen-bond acceptors (Lipinski definition) is 4. The molecule has 0 bridgehead atoms. The van der Waals surface area contributed by atoms with Crippen LogP contribution in [0.2, 0.25) is 0 Å². The van der Waals surface area contributed by atoms with Gasteiger partial charge in [-0.3, -0.25) is 0 Å². The van der Waals surface area contributed by atoms with Crippen LogP contribution in [0.1, 0.15) is 18.6 Å². The molecule has 0 fully saturated rings. The predicted octanol–water partition coefficient (Wildman–Crippen LogP) is 1.36. The number of sulfone groups is 1. The summed E-state index contributed by atoms with van der Waals surface area (Å²) in [6.45, 7) is 1.72. The van der Waals surface area contributed by atoms with Crippen molar-refractivity contribution in [2.45, 2.75) is 13.0 Å². The molecule has 18 heavy (non-hydrogen) atoms. The van der Waals surface area contributed by atoms with Crippen LogP contribution in [0.15, 0.2) is 18.2 Å². The van der Waals surface area contributed by atoms with Crippen molar-refractivity contribution in [3.63, 3.8) is 0 Å². The predicted molar refractivity (Wildman–Crippen MR) is 70.0 cm³/mol. The lowest BCUT2D eigenvalue weighted by molar-refractivity contribution is 0.199. The molecule has 0 saturated carbocycles. The molecule has 1 atom stereocenters. The van der Waals surface area contributed by atoms with E-state index in [1.54, 1.807) is 20.0 Å². The first-order valence-electron chi connectivity index (χ1n) is 5.57. The van der Waals surface area contributed by atoms with E-state index in [0.717, 1.165) is 6.26 Å². The molecule has 0 saturated heterocycles. The Morgan fingerprint density at radius 2 is 2.06 bits per heavy atom. The molecule has 0 radical (unpaired) electrons. The maximum absolute atomic E-state index is 13.8. The highest BCUT2D eigenvalue weighted by Gasteiger charge is 2.17. The van der Waals surface area contributed by atoms with E-state index in [0.29, 0.717) is 5.56 Å². The van der Waals surface area contributed by atoms with Gasteiger partial charge in [0.2, 0.25) is 0 Å². The van der Waals surface area contributed by atoms with Crippen LogP contribution >= 0.6 is 0 Å². The van der Waals surface area contributed by atoms with Crippen LogP contribution in [0.3, 0.4) is 0 Å². The van der Waals surface area contributed by atoms with E-state index in [-0.39, 0.29) is 18.0 Å². The van der Waals surface area contributed by atoms with Crippen molar-refractivity contribution in [2.24, 2.45) is 0 Å². The molecule has 0 aliphatic carbocycles. The quantitative estimate of drug-likeness (QED) is 0.881. The summed E-state index contributed by atoms with van der Waals surface area (Å²) in [4.78, 5) is 1.51. The third-order valence-corrected chi connectivity index (χ3v) is 3.57. The van der Waals surface area contributed by atoms with Gasteiger partial charge >= 0.3 is 0 Å². The van der Waals surface area contributed by atoms with Crippen LogP contribution in [0.5, 0.6) is 0 Å². The second-order valence-electron chi connectivity index (χ2n) is 4.41. The topological polar surface area (TPSA) is 57.6 Å². The molecule has 0 amide bonds. The minimum Gasteiger partial charge on any atom is -0.389 e. The number of rotatable bonds is 5. The Balaban J connectivity index is 3.01. The normalized spacial score (nSPS) is 13.4. The van der Waals surface area contributed by atoms with Gasteiger partial charge in [-0.05, 0) is 13.0 Å². The van der Waals surface area contributed by atoms with Gasteiger partial charge in [-0.15, -0.1) is 0 Å². The van der Waals surface area contributed by atoms with E-state index in [4.69, 9.17) is 0 Å². The standard InChI is InChI=1S/C12H18FNO3S/c1-9(15)10-5-4-6-11(13)12(10)14(2)7-8-18(3,16)17/h4-6,9,15H,7-8H2,1-3H3/t9-/m0/s1. The minimum absolute atomic E-state index is 0.0584. The van der Waals surface area contributed by atoms with Gasteiger partial charge in [-0.2, -0.15) is 0 Å². The van der Waals surface area contributed by atoms with Crippen LogP contribution in [0, 0.1) is 5.82 Å². The molecule has 4 nitrogen and oxygen atoms in total. The second-order valence-corrected chi connectivity index (χ2v) is 6.66. The second kappa shape index (κ2) is 5.67. The lowest BCUT2D eigenvalue weighted by atomic mass is 10.1. The zero-order valence-electron chi connectivity index (χ0n) is 10.7. The van der Waals surface area contributed by atoms with Crippen molar-refractivity contribution in [1.29, 1.82) is 0 Å². The molecular weight excluding hydrogens is 257 g/mol. The number of hydrogen-bond donors (Lipinski definition) is 1. The van der Waals surface area contributed by atoms with Gasteiger partial charge in [0, 0.05) is 25.4 Å². The van der Waals surface area contributed by atoms with Crippen molar-refractivity contribution in [3.8, 4) is 0 Å². The summed E-state index contributed by atoms with van der Waals surface area (Å²) in [5, 5.41) is 9.59. The molecule has 1 aromatic carbocycles. The molecule has 0 aliphatic heterocycles. The van der Waals surface area contributed by atoms with Crippen LogP contribution in [-0.2, 0) is 9.84 Å². The first-order valence-corrected chi connectivity index (χ1v) is 7.64. The number of halogens is 1. The van der Waals surface area contributed by atoms with Gasteiger partial charge in [0.15, 0.2) is 0 Å². The summed E-state index contributed by atoms with van der Waals surface area (Å²) in [7, 11) is -1.49. The molecule has 1 rings (SSSR count). The molecule has 0 heterocycles. The van der Waals surface area contributed by atoms with Crippen LogP contribution < -0.4 is 4.90 Å². The molecule has 0 aliphatic rings. The number of nitrogens with zero attached hydrogens (tertiary/aromatic N) is 1. The first kappa shape index (κ1) is 14.9.